The predicted octanol–water partition coefficient (Wildman–Crippen LogP) is 1.95. The molecule has 5 nitrogen and oxygen atoms in total. The minimum absolute atomic E-state index is 0.0769. The summed E-state index contributed by atoms with van der Waals surface area (Å²) in [5.74, 6) is 0.0775. The van der Waals surface area contributed by atoms with Crippen LogP contribution in [0.3, 0.4) is 0 Å². The second kappa shape index (κ2) is 4.60. The highest BCUT2D eigenvalue weighted by Crippen LogP contribution is 2.42. The fraction of sp³-hybridized carbons (Fsp3) is 0.308. The van der Waals surface area contributed by atoms with Gasteiger partial charge < -0.3 is 19.3 Å². The average molecular weight is 250 g/mol. The summed E-state index contributed by atoms with van der Waals surface area (Å²) in [5, 5.41) is 9.78. The molecule has 1 aromatic rings. The number of hydrogen-bond acceptors (Lipinski definition) is 5. The van der Waals surface area contributed by atoms with E-state index in [1.165, 1.54) is 14.2 Å². The number of rotatable bonds is 3. The molecule has 0 bridgehead atoms. The number of esters is 1. The number of phenolic OH excluding ortho intramolecular Hbond substituents is 1. The van der Waals surface area contributed by atoms with Crippen LogP contribution in [0.5, 0.6) is 17.2 Å². The molecule has 1 aliphatic heterocycles. The van der Waals surface area contributed by atoms with Crippen molar-refractivity contribution in [3.63, 3.8) is 0 Å². The predicted molar refractivity (Wildman–Crippen MR) is 63.8 cm³/mol. The maximum atomic E-state index is 11.3. The Morgan fingerprint density at radius 3 is 2.28 bits per heavy atom. The van der Waals surface area contributed by atoms with Crippen molar-refractivity contribution in [3.8, 4) is 17.2 Å². The number of methoxy groups -OCH3 is 2. The highest BCUT2D eigenvalue weighted by atomic mass is 16.6. The molecule has 1 N–H and O–H groups in total. The topological polar surface area (TPSA) is 65.0 Å². The van der Waals surface area contributed by atoms with E-state index in [-0.39, 0.29) is 17.2 Å². The lowest BCUT2D eigenvalue weighted by molar-refractivity contribution is -0.139. The van der Waals surface area contributed by atoms with Crippen LogP contribution in [0.25, 0.3) is 0 Å². The van der Waals surface area contributed by atoms with Crippen molar-refractivity contribution in [1.82, 2.24) is 0 Å². The number of benzene rings is 1. The van der Waals surface area contributed by atoms with Crippen molar-refractivity contribution in [3.05, 3.63) is 29.8 Å². The molecule has 1 heterocycles. The molecule has 0 amide bonds. The number of aromatic hydroxyl groups is 1. The van der Waals surface area contributed by atoms with Gasteiger partial charge in [-0.2, -0.15) is 0 Å². The van der Waals surface area contributed by atoms with E-state index < -0.39 is 12.1 Å². The van der Waals surface area contributed by atoms with Crippen LogP contribution in [0.1, 0.15) is 18.1 Å². The van der Waals surface area contributed by atoms with Gasteiger partial charge in [0, 0.05) is 17.6 Å². The molecule has 0 saturated carbocycles. The standard InChI is InChI=1S/C13H14O5/c1-7-4-9(18-13(7)15)8-5-10(16-2)12(14)11(6-8)17-3/h5-6,9,14H,1,4H2,2-3H3. The molecule has 0 radical (unpaired) electrons. The van der Waals surface area contributed by atoms with Crippen LogP contribution >= 0.6 is 0 Å². The molecule has 1 saturated heterocycles. The monoisotopic (exact) mass is 250 g/mol. The van der Waals surface area contributed by atoms with Crippen molar-refractivity contribution < 1.29 is 24.1 Å². The molecule has 0 aliphatic carbocycles. The second-order valence-corrected chi connectivity index (χ2v) is 3.98. The zero-order chi connectivity index (χ0) is 13.3. The van der Waals surface area contributed by atoms with E-state index in [0.717, 1.165) is 0 Å². The normalized spacial score (nSPS) is 18.7. The highest BCUT2D eigenvalue weighted by molar-refractivity contribution is 5.90. The number of hydrogen-bond donors (Lipinski definition) is 1. The maximum Gasteiger partial charge on any atom is 0.334 e. The van der Waals surface area contributed by atoms with Gasteiger partial charge in [0.25, 0.3) is 0 Å². The van der Waals surface area contributed by atoms with E-state index in [0.29, 0.717) is 17.6 Å². The number of carbonyl (C=O) groups excluding carboxylic acids is 1. The molecule has 0 spiro atoms. The molecule has 2 rings (SSSR count). The van der Waals surface area contributed by atoms with Crippen LogP contribution < -0.4 is 9.47 Å². The Bertz CT molecular complexity index is 465. The number of phenols is 1. The first-order chi connectivity index (χ1) is 8.56. The molecular formula is C13H14O5. The third kappa shape index (κ3) is 1.99. The van der Waals surface area contributed by atoms with Crippen LogP contribution in [-0.4, -0.2) is 25.3 Å². The Labute approximate surface area is 105 Å². The quantitative estimate of drug-likeness (QED) is 0.656. The molecule has 18 heavy (non-hydrogen) atoms. The summed E-state index contributed by atoms with van der Waals surface area (Å²) >= 11 is 0. The zero-order valence-electron chi connectivity index (χ0n) is 10.2. The lowest BCUT2D eigenvalue weighted by Crippen LogP contribution is -2.00. The molecule has 1 aromatic carbocycles. The summed E-state index contributed by atoms with van der Waals surface area (Å²) in [6.07, 6.45) is 0.0176. The minimum atomic E-state index is -0.409. The van der Waals surface area contributed by atoms with E-state index in [9.17, 15) is 9.90 Å². The average Bonchev–Trinajstić information content (AvgIpc) is 2.70. The third-order valence-corrected chi connectivity index (χ3v) is 2.84. The summed E-state index contributed by atoms with van der Waals surface area (Å²) in [6, 6.07) is 3.24. The molecule has 1 unspecified atom stereocenters. The van der Waals surface area contributed by atoms with Gasteiger partial charge in [0.2, 0.25) is 5.75 Å². The summed E-state index contributed by atoms with van der Waals surface area (Å²) in [7, 11) is 2.88. The first-order valence-electron chi connectivity index (χ1n) is 5.40. The Morgan fingerprint density at radius 2 is 1.89 bits per heavy atom. The highest BCUT2D eigenvalue weighted by Gasteiger charge is 2.30. The van der Waals surface area contributed by atoms with Gasteiger partial charge in [-0.25, -0.2) is 4.79 Å². The largest absolute Gasteiger partial charge is 0.502 e. The molecule has 1 aliphatic rings. The summed E-state index contributed by atoms with van der Waals surface area (Å²) in [6.45, 7) is 3.63. The van der Waals surface area contributed by atoms with E-state index in [2.05, 4.69) is 6.58 Å². The van der Waals surface area contributed by atoms with Crippen LogP contribution in [0.15, 0.2) is 24.3 Å². The van der Waals surface area contributed by atoms with Crippen molar-refractivity contribution in [2.24, 2.45) is 0 Å². The van der Waals surface area contributed by atoms with Crippen LogP contribution in [0, 0.1) is 0 Å². The van der Waals surface area contributed by atoms with E-state index >= 15 is 0 Å². The Balaban J connectivity index is 2.40. The van der Waals surface area contributed by atoms with Crippen molar-refractivity contribution >= 4 is 5.97 Å². The third-order valence-electron chi connectivity index (χ3n) is 2.84. The number of cyclic esters (lactones) is 1. The van der Waals surface area contributed by atoms with Gasteiger partial charge in [0.1, 0.15) is 6.10 Å². The second-order valence-electron chi connectivity index (χ2n) is 3.98. The fourth-order valence-corrected chi connectivity index (χ4v) is 1.85. The summed E-state index contributed by atoms with van der Waals surface area (Å²) in [5.41, 5.74) is 1.14. The molecule has 5 heteroatoms. The minimum Gasteiger partial charge on any atom is -0.502 e. The number of carbonyl (C=O) groups is 1. The van der Waals surface area contributed by atoms with Crippen molar-refractivity contribution in [2.75, 3.05) is 14.2 Å². The Kier molecular flexibility index (Phi) is 3.14. The van der Waals surface area contributed by atoms with Crippen LogP contribution in [-0.2, 0) is 9.53 Å². The number of ether oxygens (including phenoxy) is 3. The SMILES string of the molecule is C=C1CC(c2cc(OC)c(O)c(OC)c2)OC1=O. The molecule has 1 atom stereocenters. The molecular weight excluding hydrogens is 236 g/mol. The fourth-order valence-electron chi connectivity index (χ4n) is 1.85. The zero-order valence-corrected chi connectivity index (χ0v) is 10.2. The van der Waals surface area contributed by atoms with Gasteiger partial charge in [-0.15, -0.1) is 0 Å². The Morgan fingerprint density at radius 1 is 1.33 bits per heavy atom. The van der Waals surface area contributed by atoms with E-state index in [1.807, 2.05) is 0 Å². The van der Waals surface area contributed by atoms with Gasteiger partial charge in [0.05, 0.1) is 14.2 Å². The lowest BCUT2D eigenvalue weighted by atomic mass is 10.0. The van der Waals surface area contributed by atoms with Gasteiger partial charge in [-0.05, 0) is 12.1 Å². The smallest absolute Gasteiger partial charge is 0.334 e. The molecule has 0 aromatic heterocycles. The molecule has 96 valence electrons. The lowest BCUT2D eigenvalue weighted by Gasteiger charge is -2.14. The first-order valence-corrected chi connectivity index (χ1v) is 5.40. The van der Waals surface area contributed by atoms with Crippen molar-refractivity contribution in [1.29, 1.82) is 0 Å². The Hall–Kier alpha value is -2.17. The van der Waals surface area contributed by atoms with Gasteiger partial charge in [-0.1, -0.05) is 6.58 Å². The van der Waals surface area contributed by atoms with Crippen LogP contribution in [0.2, 0.25) is 0 Å². The first kappa shape index (κ1) is 12.3. The van der Waals surface area contributed by atoms with Gasteiger partial charge >= 0.3 is 5.97 Å². The maximum absolute atomic E-state index is 11.3. The van der Waals surface area contributed by atoms with Crippen LogP contribution in [0.4, 0.5) is 0 Å². The summed E-state index contributed by atoms with van der Waals surface area (Å²) in [4.78, 5) is 11.3. The van der Waals surface area contributed by atoms with Gasteiger partial charge in [-0.3, -0.25) is 0 Å². The van der Waals surface area contributed by atoms with E-state index in [4.69, 9.17) is 14.2 Å². The van der Waals surface area contributed by atoms with Crippen molar-refractivity contribution in [2.45, 2.75) is 12.5 Å². The molecule has 1 fully saturated rings. The summed E-state index contributed by atoms with van der Waals surface area (Å²) < 4.78 is 15.3. The van der Waals surface area contributed by atoms with Gasteiger partial charge in [0.15, 0.2) is 11.5 Å². The van der Waals surface area contributed by atoms with E-state index in [1.54, 1.807) is 12.1 Å².